The molecular formula is C27H37ClN5O5P. The molecule has 212 valence electrons. The maximum atomic E-state index is 13.4. The molecule has 2 heterocycles. The van der Waals surface area contributed by atoms with Gasteiger partial charge in [0.2, 0.25) is 5.95 Å². The summed E-state index contributed by atoms with van der Waals surface area (Å²) in [5.41, 5.74) is 2.45. The van der Waals surface area contributed by atoms with Crippen LogP contribution in [0.2, 0.25) is 5.02 Å². The molecule has 0 radical (unpaired) electrons. The molecule has 12 heteroatoms. The van der Waals surface area contributed by atoms with Gasteiger partial charge in [-0.25, -0.2) is 4.98 Å². The predicted octanol–water partition coefficient (Wildman–Crippen LogP) is 4.49. The van der Waals surface area contributed by atoms with E-state index in [9.17, 15) is 19.4 Å². The van der Waals surface area contributed by atoms with Crippen LogP contribution >= 0.6 is 19.2 Å². The van der Waals surface area contributed by atoms with Gasteiger partial charge in [-0.05, 0) is 74.0 Å². The van der Waals surface area contributed by atoms with Gasteiger partial charge in [0, 0.05) is 43.6 Å². The minimum Gasteiger partial charge on any atom is -0.392 e. The van der Waals surface area contributed by atoms with E-state index in [1.54, 1.807) is 18.3 Å². The lowest BCUT2D eigenvalue weighted by atomic mass is 9.93. The van der Waals surface area contributed by atoms with E-state index in [-0.39, 0.29) is 24.7 Å². The Balaban J connectivity index is 1.29. The van der Waals surface area contributed by atoms with Gasteiger partial charge in [-0.15, -0.1) is 0 Å². The van der Waals surface area contributed by atoms with Crippen molar-refractivity contribution in [1.82, 2.24) is 15.3 Å². The first-order valence-electron chi connectivity index (χ1n) is 13.7. The Morgan fingerprint density at radius 2 is 1.92 bits per heavy atom. The lowest BCUT2D eigenvalue weighted by molar-refractivity contribution is 0.0881. The third-order valence-corrected chi connectivity index (χ3v) is 9.23. The molecule has 2 saturated carbocycles. The first kappa shape index (κ1) is 28.3. The number of anilines is 2. The normalized spacial score (nSPS) is 23.7. The molecule has 2 aliphatic carbocycles. The summed E-state index contributed by atoms with van der Waals surface area (Å²) in [6, 6.07) is 5.40. The smallest absolute Gasteiger partial charge is 0.325 e. The molecule has 3 aliphatic rings. The van der Waals surface area contributed by atoms with Crippen molar-refractivity contribution in [2.75, 3.05) is 30.0 Å². The summed E-state index contributed by atoms with van der Waals surface area (Å²) in [6.07, 6.45) is 8.76. The predicted molar refractivity (Wildman–Crippen MR) is 150 cm³/mol. The number of hydrogen-bond acceptors (Lipinski definition) is 8. The molecule has 3 fully saturated rings. The number of piperidine rings is 1. The zero-order chi connectivity index (χ0) is 27.6. The fourth-order valence-corrected chi connectivity index (χ4v) is 6.58. The summed E-state index contributed by atoms with van der Waals surface area (Å²) < 4.78 is 16.8. The van der Waals surface area contributed by atoms with Crippen molar-refractivity contribution < 1.29 is 23.9 Å². The van der Waals surface area contributed by atoms with Crippen molar-refractivity contribution in [3.8, 4) is 0 Å². The van der Waals surface area contributed by atoms with Crippen LogP contribution in [0, 0.1) is 5.41 Å². The summed E-state index contributed by atoms with van der Waals surface area (Å²) in [7, 11) is -3.53. The van der Waals surface area contributed by atoms with Crippen LogP contribution in [0.25, 0.3) is 0 Å². The fourth-order valence-electron chi connectivity index (χ4n) is 5.55. The number of amides is 1. The van der Waals surface area contributed by atoms with Crippen molar-refractivity contribution >= 4 is 36.9 Å². The highest BCUT2D eigenvalue weighted by Crippen LogP contribution is 2.53. The van der Waals surface area contributed by atoms with Crippen LogP contribution in [0.1, 0.15) is 72.9 Å². The number of carbonyl (C=O) groups is 1. The number of hydrogen-bond donors (Lipinski definition) is 4. The van der Waals surface area contributed by atoms with Gasteiger partial charge in [0.25, 0.3) is 5.91 Å². The molecule has 1 aliphatic heterocycles. The third-order valence-electron chi connectivity index (χ3n) is 8.19. The second kappa shape index (κ2) is 11.7. The Morgan fingerprint density at radius 3 is 2.54 bits per heavy atom. The fraction of sp³-hybridized carbons (Fsp3) is 0.593. The number of benzene rings is 1. The molecule has 1 saturated heterocycles. The zero-order valence-electron chi connectivity index (χ0n) is 22.2. The molecule has 5 rings (SSSR count). The number of nitrogens with one attached hydrogen (secondary N) is 2. The van der Waals surface area contributed by atoms with Crippen molar-refractivity contribution in [3.63, 3.8) is 0 Å². The first-order chi connectivity index (χ1) is 18.6. The highest BCUT2D eigenvalue weighted by Gasteiger charge is 2.44. The average Bonchev–Trinajstić information content (AvgIpc) is 3.66. The summed E-state index contributed by atoms with van der Waals surface area (Å²) in [5.74, 6) is 0.806. The van der Waals surface area contributed by atoms with Gasteiger partial charge in [-0.2, -0.15) is 4.98 Å². The number of halogens is 1. The Hall–Kier alpha value is -2.23. The topological polar surface area (TPSA) is 137 Å². The SMILES string of the molecule is CP(=O)(O)OC1CCC(NC(=O)c2cnc(N3CCC4(CC3)CC4)nc2NCc2ccc(CO)c(Cl)c2)CC1. The molecule has 1 unspecified atom stereocenters. The van der Waals surface area contributed by atoms with E-state index < -0.39 is 7.60 Å². The lowest BCUT2D eigenvalue weighted by Crippen LogP contribution is -2.39. The van der Waals surface area contributed by atoms with Crippen molar-refractivity contribution in [3.05, 3.63) is 46.1 Å². The maximum Gasteiger partial charge on any atom is 0.325 e. The van der Waals surface area contributed by atoms with Crippen LogP contribution in [-0.2, 0) is 22.2 Å². The van der Waals surface area contributed by atoms with Crippen LogP contribution in [0.5, 0.6) is 0 Å². The molecule has 2 aromatic rings. The molecule has 1 aromatic heterocycles. The summed E-state index contributed by atoms with van der Waals surface area (Å²) >= 11 is 6.28. The van der Waals surface area contributed by atoms with Crippen LogP contribution in [-0.4, -0.2) is 57.8 Å². The van der Waals surface area contributed by atoms with Crippen LogP contribution in [0.4, 0.5) is 11.8 Å². The van der Waals surface area contributed by atoms with Crippen molar-refractivity contribution in [1.29, 1.82) is 0 Å². The van der Waals surface area contributed by atoms with Crippen LogP contribution in [0.3, 0.4) is 0 Å². The zero-order valence-corrected chi connectivity index (χ0v) is 23.9. The van der Waals surface area contributed by atoms with Crippen LogP contribution < -0.4 is 15.5 Å². The molecule has 4 N–H and O–H groups in total. The molecule has 1 amide bonds. The molecule has 10 nitrogen and oxygen atoms in total. The average molecular weight is 578 g/mol. The minimum absolute atomic E-state index is 0.0681. The largest absolute Gasteiger partial charge is 0.392 e. The number of aliphatic hydroxyl groups excluding tert-OH is 1. The third kappa shape index (κ3) is 7.30. The van der Waals surface area contributed by atoms with Crippen LogP contribution in [0.15, 0.2) is 24.4 Å². The molecule has 1 atom stereocenters. The van der Waals surface area contributed by atoms with E-state index in [1.165, 1.54) is 19.5 Å². The van der Waals surface area contributed by atoms with Gasteiger partial charge < -0.3 is 30.1 Å². The second-order valence-electron chi connectivity index (χ2n) is 11.2. The Morgan fingerprint density at radius 1 is 1.21 bits per heavy atom. The Labute approximate surface area is 234 Å². The molecule has 39 heavy (non-hydrogen) atoms. The lowest BCUT2D eigenvalue weighted by Gasteiger charge is -2.32. The van der Waals surface area contributed by atoms with Crippen molar-refractivity contribution in [2.24, 2.45) is 5.41 Å². The standard InChI is InChI=1S/C27H37ClN5O5P/c1-39(36,37)38-21-6-4-20(5-7-21)31-25(35)22-16-30-26(33-12-10-27(8-9-27)11-13-33)32-24(22)29-15-18-2-3-19(17-34)23(28)14-18/h2-3,14,16,20-21,34H,4-13,15,17H2,1H3,(H,31,35)(H,36,37)(H,29,30,32). The van der Waals surface area contributed by atoms with E-state index >= 15 is 0 Å². The van der Waals surface area contributed by atoms with E-state index in [1.807, 2.05) is 6.07 Å². The number of aromatic nitrogens is 2. The monoisotopic (exact) mass is 577 g/mol. The van der Waals surface area contributed by atoms with E-state index in [4.69, 9.17) is 21.1 Å². The molecule has 1 spiro atoms. The summed E-state index contributed by atoms with van der Waals surface area (Å²) in [6.45, 7) is 3.28. The highest BCUT2D eigenvalue weighted by atomic mass is 35.5. The van der Waals surface area contributed by atoms with Gasteiger partial charge in [-0.1, -0.05) is 23.7 Å². The maximum absolute atomic E-state index is 13.4. The minimum atomic E-state index is -3.53. The van der Waals surface area contributed by atoms with Gasteiger partial charge in [0.15, 0.2) is 0 Å². The van der Waals surface area contributed by atoms with Crippen molar-refractivity contribution in [2.45, 2.75) is 76.7 Å². The number of carbonyl (C=O) groups excluding carboxylic acids is 1. The number of aliphatic hydroxyl groups is 1. The molecule has 1 aromatic carbocycles. The van der Waals surface area contributed by atoms with E-state index in [0.29, 0.717) is 65.6 Å². The summed E-state index contributed by atoms with van der Waals surface area (Å²) in [5, 5.41) is 16.3. The van der Waals surface area contributed by atoms with E-state index in [2.05, 4.69) is 20.5 Å². The highest BCUT2D eigenvalue weighted by molar-refractivity contribution is 7.51. The van der Waals surface area contributed by atoms with Gasteiger partial charge in [-0.3, -0.25) is 9.36 Å². The Kier molecular flexibility index (Phi) is 8.50. The Bertz CT molecular complexity index is 1240. The molecular weight excluding hydrogens is 541 g/mol. The quantitative estimate of drug-likeness (QED) is 0.318. The summed E-state index contributed by atoms with van der Waals surface area (Å²) in [4.78, 5) is 34.4. The van der Waals surface area contributed by atoms with Gasteiger partial charge in [0.05, 0.1) is 12.7 Å². The number of nitrogens with zero attached hydrogens (tertiary/aromatic N) is 3. The van der Waals surface area contributed by atoms with Gasteiger partial charge >= 0.3 is 7.60 Å². The van der Waals surface area contributed by atoms with Gasteiger partial charge in [0.1, 0.15) is 11.4 Å². The first-order valence-corrected chi connectivity index (χ1v) is 16.1. The van der Waals surface area contributed by atoms with E-state index in [0.717, 1.165) is 31.5 Å². The second-order valence-corrected chi connectivity index (χ2v) is 13.4. The number of rotatable bonds is 9. The molecule has 0 bridgehead atoms.